The van der Waals surface area contributed by atoms with E-state index in [0.717, 1.165) is 25.0 Å². The van der Waals surface area contributed by atoms with E-state index >= 15 is 0 Å². The van der Waals surface area contributed by atoms with Crippen LogP contribution in [0, 0.1) is 10.8 Å². The summed E-state index contributed by atoms with van der Waals surface area (Å²) < 4.78 is 0. The first-order chi connectivity index (χ1) is 11.0. The molecule has 1 fully saturated rings. The minimum atomic E-state index is -0.220. The lowest BCUT2D eigenvalue weighted by atomic mass is 10.00. The monoisotopic (exact) mass is 330 g/mol. The van der Waals surface area contributed by atoms with E-state index in [1.54, 1.807) is 22.3 Å². The molecule has 0 saturated heterocycles. The average molecular weight is 330 g/mol. The molecule has 1 aliphatic heterocycles. The fraction of sp³-hybridized carbons (Fsp3) is 0.471. The summed E-state index contributed by atoms with van der Waals surface area (Å²) in [6.07, 6.45) is 4.58. The number of carbonyl (C=O) groups excluding carboxylic acids is 1. The van der Waals surface area contributed by atoms with Gasteiger partial charge in [0.25, 0.3) is 5.91 Å². The second kappa shape index (κ2) is 5.92. The lowest BCUT2D eigenvalue weighted by Crippen LogP contribution is -2.41. The van der Waals surface area contributed by atoms with Crippen LogP contribution in [0.5, 0.6) is 0 Å². The Kier molecular flexibility index (Phi) is 4.10. The molecule has 0 radical (unpaired) electrons. The molecule has 0 spiro atoms. The van der Waals surface area contributed by atoms with Gasteiger partial charge in [0.2, 0.25) is 0 Å². The van der Waals surface area contributed by atoms with Gasteiger partial charge >= 0.3 is 0 Å². The van der Waals surface area contributed by atoms with Crippen LogP contribution in [0.1, 0.15) is 43.2 Å². The lowest BCUT2D eigenvalue weighted by Gasteiger charge is -2.33. The van der Waals surface area contributed by atoms with Crippen molar-refractivity contribution in [2.75, 3.05) is 6.54 Å². The summed E-state index contributed by atoms with van der Waals surface area (Å²) in [4.78, 5) is 15.9. The van der Waals surface area contributed by atoms with E-state index in [0.29, 0.717) is 6.54 Å². The van der Waals surface area contributed by atoms with Crippen molar-refractivity contribution in [1.82, 2.24) is 10.3 Å². The number of hydrazone groups is 1. The molecule has 1 saturated carbocycles. The normalized spacial score (nSPS) is 22.3. The molecule has 23 heavy (non-hydrogen) atoms. The van der Waals surface area contributed by atoms with Gasteiger partial charge in [0.05, 0.1) is 6.04 Å². The van der Waals surface area contributed by atoms with Gasteiger partial charge in [-0.2, -0.15) is 5.10 Å². The van der Waals surface area contributed by atoms with Crippen LogP contribution in [0.4, 0.5) is 0 Å². The number of hydrogen-bond donors (Lipinski definition) is 2. The smallest absolute Gasteiger partial charge is 0.272 e. The predicted octanol–water partition coefficient (Wildman–Crippen LogP) is 3.10. The molecule has 6 heteroatoms. The van der Waals surface area contributed by atoms with E-state index in [1.807, 2.05) is 6.92 Å². The molecule has 1 unspecified atom stereocenters. The number of fused-ring (bicyclic) bond motifs is 1. The molecule has 122 valence electrons. The zero-order valence-corrected chi connectivity index (χ0v) is 14.4. The maximum Gasteiger partial charge on any atom is 0.272 e. The SMILES string of the molecule is C=NN/C(=C\C(=N)C(=O)N1CCc2sccc2C1C)C1(C)CC1. The Labute approximate surface area is 140 Å². The van der Waals surface area contributed by atoms with Gasteiger partial charge in [-0.25, -0.2) is 0 Å². The van der Waals surface area contributed by atoms with Crippen LogP contribution in [-0.4, -0.2) is 29.8 Å². The van der Waals surface area contributed by atoms with Crippen LogP contribution in [0.15, 0.2) is 28.3 Å². The zero-order chi connectivity index (χ0) is 16.6. The summed E-state index contributed by atoms with van der Waals surface area (Å²) in [5.74, 6) is -0.220. The highest BCUT2D eigenvalue weighted by molar-refractivity contribution is 7.10. The van der Waals surface area contributed by atoms with E-state index < -0.39 is 0 Å². The molecule has 0 aromatic carbocycles. The molecule has 1 aliphatic carbocycles. The summed E-state index contributed by atoms with van der Waals surface area (Å²) in [7, 11) is 0. The van der Waals surface area contributed by atoms with Crippen molar-refractivity contribution < 1.29 is 4.79 Å². The largest absolute Gasteiger partial charge is 0.330 e. The average Bonchev–Trinajstić information content (AvgIpc) is 3.09. The fourth-order valence-electron chi connectivity index (χ4n) is 3.03. The molecule has 2 aliphatic rings. The lowest BCUT2D eigenvalue weighted by molar-refractivity contribution is -0.126. The zero-order valence-electron chi connectivity index (χ0n) is 13.6. The molecule has 1 aromatic rings. The van der Waals surface area contributed by atoms with Gasteiger partial charge in [0.1, 0.15) is 5.71 Å². The number of rotatable bonds is 5. The third kappa shape index (κ3) is 2.95. The second-order valence-corrected chi connectivity index (χ2v) is 7.53. The molecule has 3 rings (SSSR count). The molecule has 1 atom stereocenters. The fourth-order valence-corrected chi connectivity index (χ4v) is 3.99. The van der Waals surface area contributed by atoms with Crippen molar-refractivity contribution in [2.24, 2.45) is 10.5 Å². The van der Waals surface area contributed by atoms with Crippen molar-refractivity contribution >= 4 is 29.7 Å². The van der Waals surface area contributed by atoms with Gasteiger partial charge in [0.15, 0.2) is 0 Å². The Morgan fingerprint density at radius 2 is 2.35 bits per heavy atom. The minimum Gasteiger partial charge on any atom is -0.330 e. The van der Waals surface area contributed by atoms with Gasteiger partial charge in [-0.1, -0.05) is 6.92 Å². The first kappa shape index (κ1) is 15.9. The minimum absolute atomic E-state index is 0.00180. The van der Waals surface area contributed by atoms with Gasteiger partial charge in [-0.05, 0) is 49.3 Å². The van der Waals surface area contributed by atoms with Crippen molar-refractivity contribution in [3.8, 4) is 0 Å². The summed E-state index contributed by atoms with van der Waals surface area (Å²) in [5, 5.41) is 14.0. The third-order valence-corrected chi connectivity index (χ3v) is 5.90. The van der Waals surface area contributed by atoms with E-state index in [1.165, 1.54) is 10.4 Å². The Morgan fingerprint density at radius 1 is 1.61 bits per heavy atom. The molecular weight excluding hydrogens is 308 g/mol. The predicted molar refractivity (Wildman–Crippen MR) is 94.0 cm³/mol. The summed E-state index contributed by atoms with van der Waals surface area (Å²) >= 11 is 1.75. The maximum absolute atomic E-state index is 12.7. The van der Waals surface area contributed by atoms with Gasteiger partial charge in [-0.3, -0.25) is 15.6 Å². The van der Waals surface area contributed by atoms with E-state index in [-0.39, 0.29) is 23.1 Å². The van der Waals surface area contributed by atoms with Crippen molar-refractivity contribution in [2.45, 2.75) is 39.2 Å². The summed E-state index contributed by atoms with van der Waals surface area (Å²) in [5.41, 5.74) is 4.90. The van der Waals surface area contributed by atoms with Crippen LogP contribution in [-0.2, 0) is 11.2 Å². The summed E-state index contributed by atoms with van der Waals surface area (Å²) in [6.45, 7) is 8.26. The number of thiophene rings is 1. The number of allylic oxidation sites excluding steroid dienone is 1. The molecule has 0 bridgehead atoms. The highest BCUT2D eigenvalue weighted by Crippen LogP contribution is 2.50. The summed E-state index contributed by atoms with van der Waals surface area (Å²) in [6, 6.07) is 2.11. The molecule has 2 heterocycles. The first-order valence-electron chi connectivity index (χ1n) is 7.86. The number of amides is 1. The Balaban J connectivity index is 1.77. The van der Waals surface area contributed by atoms with Crippen molar-refractivity contribution in [3.05, 3.63) is 33.7 Å². The molecule has 5 nitrogen and oxygen atoms in total. The number of nitrogens with one attached hydrogen (secondary N) is 2. The van der Waals surface area contributed by atoms with Crippen LogP contribution in [0.25, 0.3) is 0 Å². The first-order valence-corrected chi connectivity index (χ1v) is 8.74. The van der Waals surface area contributed by atoms with E-state index in [9.17, 15) is 4.79 Å². The van der Waals surface area contributed by atoms with Gasteiger partial charge in [-0.15, -0.1) is 11.3 Å². The van der Waals surface area contributed by atoms with Crippen LogP contribution >= 0.6 is 11.3 Å². The van der Waals surface area contributed by atoms with Gasteiger partial charge in [0, 0.05) is 29.3 Å². The maximum atomic E-state index is 12.7. The van der Waals surface area contributed by atoms with Crippen LogP contribution < -0.4 is 5.43 Å². The second-order valence-electron chi connectivity index (χ2n) is 6.53. The Hall–Kier alpha value is -1.95. The Bertz CT molecular complexity index is 687. The molecular formula is C17H22N4OS. The quantitative estimate of drug-likeness (QED) is 0.643. The Morgan fingerprint density at radius 3 is 3.00 bits per heavy atom. The topological polar surface area (TPSA) is 68.5 Å². The van der Waals surface area contributed by atoms with Crippen LogP contribution in [0.3, 0.4) is 0 Å². The standard InChI is InChI=1S/C17H22N4OS/c1-11-12-5-9-23-14(12)4-8-21(11)16(22)13(18)10-15(20-19-3)17(2)6-7-17/h5,9-11,18,20H,3-4,6-8H2,1-2H3/b15-10-,18-13?. The highest BCUT2D eigenvalue weighted by atomic mass is 32.1. The molecule has 1 amide bonds. The molecule has 2 N–H and O–H groups in total. The molecule has 1 aromatic heterocycles. The highest BCUT2D eigenvalue weighted by Gasteiger charge is 2.42. The van der Waals surface area contributed by atoms with Crippen molar-refractivity contribution in [1.29, 1.82) is 5.41 Å². The van der Waals surface area contributed by atoms with E-state index in [2.05, 4.69) is 35.6 Å². The number of hydrogen-bond acceptors (Lipinski definition) is 5. The van der Waals surface area contributed by atoms with Crippen molar-refractivity contribution in [3.63, 3.8) is 0 Å². The number of carbonyl (C=O) groups is 1. The third-order valence-electron chi connectivity index (χ3n) is 4.91. The number of nitrogens with zero attached hydrogens (tertiary/aromatic N) is 2. The van der Waals surface area contributed by atoms with Crippen LogP contribution in [0.2, 0.25) is 0 Å². The van der Waals surface area contributed by atoms with Gasteiger partial charge < -0.3 is 4.90 Å². The van der Waals surface area contributed by atoms with E-state index in [4.69, 9.17) is 5.41 Å².